The average molecular weight is 794 g/mol. The molecule has 288 valence electrons. The largest absolute Gasteiger partial charge is 0.417 e. The summed E-state index contributed by atoms with van der Waals surface area (Å²) in [6, 6.07) is 54.7. The molecular weight excluding hydrogens is 764 g/mol. The lowest BCUT2D eigenvalue weighted by Gasteiger charge is -2.22. The van der Waals surface area contributed by atoms with Crippen LogP contribution in [0.5, 0.6) is 0 Å². The van der Waals surface area contributed by atoms with Crippen molar-refractivity contribution in [2.24, 2.45) is 0 Å². The highest BCUT2D eigenvalue weighted by molar-refractivity contribution is 6.12. The van der Waals surface area contributed by atoms with E-state index in [1.165, 1.54) is 6.07 Å². The second kappa shape index (κ2) is 14.2. The standard InChI is InChI=1S/C53H30F3N5/c1-32-8-7-11-45(53(54,55)56)52(32)44-29-50(60-46-12-5-3-9-40(46)42-26-36(20-24-48(42)60)34-16-14-33(30-57)15-17-34)38(31-58)28-51(44)61-47-13-6-4-10-41(47)43-27-37(21-25-49(43)61)35-18-22-39(59-2)23-19-35/h3-29H,1H3. The Balaban J connectivity index is 1.28. The molecule has 0 radical (unpaired) electrons. The van der Waals surface area contributed by atoms with Crippen LogP contribution >= 0.6 is 0 Å². The Kier molecular flexibility index (Phi) is 8.58. The molecule has 0 aliphatic carbocycles. The Bertz CT molecular complexity index is 3550. The molecule has 0 amide bonds. The van der Waals surface area contributed by atoms with Crippen molar-refractivity contribution in [3.63, 3.8) is 0 Å². The van der Waals surface area contributed by atoms with Crippen LogP contribution in [0.15, 0.2) is 164 Å². The summed E-state index contributed by atoms with van der Waals surface area (Å²) in [7, 11) is 0. The van der Waals surface area contributed by atoms with Crippen LogP contribution in [0.4, 0.5) is 18.9 Å². The molecule has 8 aromatic carbocycles. The van der Waals surface area contributed by atoms with Crippen LogP contribution in [0, 0.1) is 36.2 Å². The molecule has 0 aliphatic heterocycles. The number of hydrogen-bond acceptors (Lipinski definition) is 2. The van der Waals surface area contributed by atoms with Gasteiger partial charge in [0.2, 0.25) is 0 Å². The van der Waals surface area contributed by atoms with E-state index in [4.69, 9.17) is 6.57 Å². The second-order valence-electron chi connectivity index (χ2n) is 15.0. The van der Waals surface area contributed by atoms with Crippen molar-refractivity contribution in [1.29, 1.82) is 10.5 Å². The summed E-state index contributed by atoms with van der Waals surface area (Å²) < 4.78 is 49.6. The quantitative estimate of drug-likeness (QED) is 0.163. The van der Waals surface area contributed by atoms with Crippen LogP contribution in [0.25, 0.3) is 93.2 Å². The van der Waals surface area contributed by atoms with Crippen LogP contribution in [-0.4, -0.2) is 9.13 Å². The molecule has 2 aromatic heterocycles. The third-order valence-electron chi connectivity index (χ3n) is 11.6. The zero-order valence-corrected chi connectivity index (χ0v) is 32.5. The number of halogens is 3. The van der Waals surface area contributed by atoms with Gasteiger partial charge in [0.05, 0.1) is 62.8 Å². The fourth-order valence-electron chi connectivity index (χ4n) is 8.79. The molecule has 8 heteroatoms. The Hall–Kier alpha value is -8.38. The van der Waals surface area contributed by atoms with E-state index in [0.29, 0.717) is 33.8 Å². The van der Waals surface area contributed by atoms with Crippen LogP contribution in [0.3, 0.4) is 0 Å². The minimum absolute atomic E-state index is 0.0297. The number of rotatable bonds is 5. The van der Waals surface area contributed by atoms with Gasteiger partial charge in [0.15, 0.2) is 5.69 Å². The minimum Gasteiger partial charge on any atom is -0.309 e. The van der Waals surface area contributed by atoms with Crippen LogP contribution in [0.2, 0.25) is 0 Å². The SMILES string of the molecule is [C-]#[N+]c1ccc(-c2ccc3c(c2)c2ccccc2n3-c2cc(C#N)c(-n3c4ccccc4c4cc(-c5ccc(C#N)cc5)ccc43)cc2-c2c(C)cccc2C(F)(F)F)cc1. The van der Waals surface area contributed by atoms with Gasteiger partial charge in [0.1, 0.15) is 6.07 Å². The first kappa shape index (κ1) is 36.9. The maximum atomic E-state index is 15.2. The first-order valence-electron chi connectivity index (χ1n) is 19.5. The highest BCUT2D eigenvalue weighted by Crippen LogP contribution is 2.46. The molecule has 10 rings (SSSR count). The van der Waals surface area contributed by atoms with E-state index in [0.717, 1.165) is 71.9 Å². The predicted octanol–water partition coefficient (Wildman–Crippen LogP) is 14.5. The number of nitriles is 2. The van der Waals surface area contributed by atoms with Crippen molar-refractivity contribution in [2.75, 3.05) is 0 Å². The van der Waals surface area contributed by atoms with Gasteiger partial charge in [-0.15, -0.1) is 0 Å². The number of para-hydroxylation sites is 2. The molecule has 2 heterocycles. The summed E-state index contributed by atoms with van der Waals surface area (Å²) in [5.41, 5.74) is 9.07. The number of aryl methyl sites for hydroxylation is 1. The second-order valence-corrected chi connectivity index (χ2v) is 15.0. The summed E-state index contributed by atoms with van der Waals surface area (Å²) in [6.07, 6.45) is -4.68. The molecule has 0 N–H and O–H groups in total. The Morgan fingerprint density at radius 1 is 0.525 bits per heavy atom. The molecule has 0 saturated heterocycles. The monoisotopic (exact) mass is 793 g/mol. The first-order valence-corrected chi connectivity index (χ1v) is 19.5. The van der Waals surface area contributed by atoms with Gasteiger partial charge in [-0.05, 0) is 107 Å². The highest BCUT2D eigenvalue weighted by Gasteiger charge is 2.35. The van der Waals surface area contributed by atoms with Crippen molar-refractivity contribution >= 4 is 49.3 Å². The van der Waals surface area contributed by atoms with Crippen molar-refractivity contribution in [1.82, 2.24) is 9.13 Å². The summed E-state index contributed by atoms with van der Waals surface area (Å²) in [5.74, 6) is 0. The number of alkyl halides is 3. The van der Waals surface area contributed by atoms with Crippen LogP contribution < -0.4 is 0 Å². The fourth-order valence-corrected chi connectivity index (χ4v) is 8.79. The van der Waals surface area contributed by atoms with Crippen LogP contribution in [-0.2, 0) is 6.18 Å². The Labute approximate surface area is 348 Å². The van der Waals surface area contributed by atoms with Crippen LogP contribution in [0.1, 0.15) is 22.3 Å². The summed E-state index contributed by atoms with van der Waals surface area (Å²) in [5, 5.41) is 24.0. The van der Waals surface area contributed by atoms with Gasteiger partial charge in [-0.3, -0.25) is 0 Å². The van der Waals surface area contributed by atoms with Crippen molar-refractivity contribution < 1.29 is 13.2 Å². The van der Waals surface area contributed by atoms with Gasteiger partial charge in [-0.25, -0.2) is 4.85 Å². The molecule has 0 fully saturated rings. The topological polar surface area (TPSA) is 61.8 Å². The number of hydrogen-bond donors (Lipinski definition) is 0. The van der Waals surface area contributed by atoms with Gasteiger partial charge in [0, 0.05) is 27.1 Å². The summed E-state index contributed by atoms with van der Waals surface area (Å²) in [4.78, 5) is 3.52. The van der Waals surface area contributed by atoms with E-state index in [-0.39, 0.29) is 11.1 Å². The van der Waals surface area contributed by atoms with Gasteiger partial charge in [-0.2, -0.15) is 23.7 Å². The Morgan fingerprint density at radius 3 is 1.59 bits per heavy atom. The van der Waals surface area contributed by atoms with Crippen molar-refractivity contribution in [3.8, 4) is 56.9 Å². The van der Waals surface area contributed by atoms with Gasteiger partial charge in [-0.1, -0.05) is 97.1 Å². The predicted molar refractivity (Wildman–Crippen MR) is 237 cm³/mol. The first-order chi connectivity index (χ1) is 29.7. The summed E-state index contributed by atoms with van der Waals surface area (Å²) >= 11 is 0. The molecule has 0 unspecified atom stereocenters. The Morgan fingerprint density at radius 2 is 1.05 bits per heavy atom. The maximum absolute atomic E-state index is 15.2. The lowest BCUT2D eigenvalue weighted by Crippen LogP contribution is -2.10. The highest BCUT2D eigenvalue weighted by atomic mass is 19.4. The normalized spacial score (nSPS) is 11.6. The molecule has 0 aliphatic rings. The molecule has 61 heavy (non-hydrogen) atoms. The molecule has 0 saturated carbocycles. The maximum Gasteiger partial charge on any atom is 0.417 e. The van der Waals surface area contributed by atoms with E-state index in [1.807, 2.05) is 106 Å². The molecule has 0 bridgehead atoms. The molecular formula is C53H30F3N5. The van der Waals surface area contributed by atoms with Gasteiger partial charge >= 0.3 is 6.18 Å². The third kappa shape index (κ3) is 5.99. The van der Waals surface area contributed by atoms with E-state index < -0.39 is 11.7 Å². The minimum atomic E-state index is -4.68. The zero-order chi connectivity index (χ0) is 42.0. The molecule has 5 nitrogen and oxygen atoms in total. The molecule has 0 spiro atoms. The van der Waals surface area contributed by atoms with E-state index in [1.54, 1.807) is 49.4 Å². The van der Waals surface area contributed by atoms with Crippen molar-refractivity contribution in [2.45, 2.75) is 13.1 Å². The van der Waals surface area contributed by atoms with Gasteiger partial charge < -0.3 is 9.13 Å². The lowest BCUT2D eigenvalue weighted by atomic mass is 9.91. The molecule has 10 aromatic rings. The molecule has 0 atom stereocenters. The van der Waals surface area contributed by atoms with Gasteiger partial charge in [0.25, 0.3) is 0 Å². The number of benzene rings is 8. The average Bonchev–Trinajstić information content (AvgIpc) is 3.80. The lowest BCUT2D eigenvalue weighted by molar-refractivity contribution is -0.137. The smallest absolute Gasteiger partial charge is 0.309 e. The van der Waals surface area contributed by atoms with Crippen molar-refractivity contribution in [3.05, 3.63) is 197 Å². The van der Waals surface area contributed by atoms with E-state index in [9.17, 15) is 10.5 Å². The zero-order valence-electron chi connectivity index (χ0n) is 32.5. The summed E-state index contributed by atoms with van der Waals surface area (Å²) in [6.45, 7) is 9.06. The van der Waals surface area contributed by atoms with E-state index >= 15 is 13.2 Å². The number of fused-ring (bicyclic) bond motifs is 6. The van der Waals surface area contributed by atoms with E-state index in [2.05, 4.69) is 29.1 Å². The fraction of sp³-hybridized carbons (Fsp3) is 0.0377. The third-order valence-corrected chi connectivity index (χ3v) is 11.6. The number of nitrogens with zero attached hydrogens (tertiary/aromatic N) is 5. The number of aromatic nitrogens is 2.